The molecule has 1 fully saturated rings. The van der Waals surface area contributed by atoms with Crippen LogP contribution in [0, 0.1) is 0 Å². The summed E-state index contributed by atoms with van der Waals surface area (Å²) in [4.78, 5) is 18.7. The highest BCUT2D eigenvalue weighted by Crippen LogP contribution is 2.36. The first-order chi connectivity index (χ1) is 19.4. The van der Waals surface area contributed by atoms with Crippen LogP contribution in [0.3, 0.4) is 0 Å². The van der Waals surface area contributed by atoms with Gasteiger partial charge in [-0.05, 0) is 71.6 Å². The van der Waals surface area contributed by atoms with Crippen molar-refractivity contribution >= 4 is 64.7 Å². The minimum absolute atomic E-state index is 0.208. The Labute approximate surface area is 254 Å². The predicted molar refractivity (Wildman–Crippen MR) is 174 cm³/mol. The Hall–Kier alpha value is -2.76. The van der Waals surface area contributed by atoms with Gasteiger partial charge in [0.2, 0.25) is 10.0 Å². The summed E-state index contributed by atoms with van der Waals surface area (Å²) in [5.74, 6) is -0.208. The van der Waals surface area contributed by atoms with Crippen LogP contribution in [0.5, 0.6) is 0 Å². The molecule has 2 heterocycles. The number of hydrogen-bond donors (Lipinski definition) is 2. The molecule has 1 amide bonds. The topological polar surface area (TPSA) is 81.8 Å². The van der Waals surface area contributed by atoms with Crippen molar-refractivity contribution in [1.29, 1.82) is 0 Å². The summed E-state index contributed by atoms with van der Waals surface area (Å²) in [6, 6.07) is 21.9. The van der Waals surface area contributed by atoms with E-state index in [2.05, 4.69) is 87.0 Å². The zero-order valence-electron chi connectivity index (χ0n) is 23.7. The quantitative estimate of drug-likeness (QED) is 0.231. The summed E-state index contributed by atoms with van der Waals surface area (Å²) in [5.41, 5.74) is 4.51. The molecule has 0 radical (unpaired) electrons. The van der Waals surface area contributed by atoms with Gasteiger partial charge in [0.15, 0.2) is 0 Å². The number of carbonyl (C=O) groups is 1. The maximum Gasteiger partial charge on any atom is 0.265 e. The van der Waals surface area contributed by atoms with E-state index in [-0.39, 0.29) is 11.3 Å². The van der Waals surface area contributed by atoms with Crippen molar-refractivity contribution in [2.75, 3.05) is 49.5 Å². The number of nitrogens with zero attached hydrogens (tertiary/aromatic N) is 2. The number of thiophene rings is 1. The summed E-state index contributed by atoms with van der Waals surface area (Å²) in [6.07, 6.45) is 1.11. The Morgan fingerprint density at radius 1 is 0.951 bits per heavy atom. The Kier molecular flexibility index (Phi) is 8.59. The molecule has 5 rings (SSSR count). The molecule has 216 valence electrons. The van der Waals surface area contributed by atoms with Gasteiger partial charge in [0.05, 0.1) is 11.1 Å². The van der Waals surface area contributed by atoms with Crippen LogP contribution in [0.2, 0.25) is 0 Å². The number of likely N-dealkylation sites (N-methyl/N-ethyl adjacent to an activating group) is 1. The number of halogens is 1. The molecular formula is C31H35BrN4O3S2. The smallest absolute Gasteiger partial charge is 0.265 e. The third-order valence-corrected chi connectivity index (χ3v) is 9.75. The molecule has 4 aromatic rings. The van der Waals surface area contributed by atoms with Gasteiger partial charge in [-0.3, -0.25) is 14.4 Å². The summed E-state index contributed by atoms with van der Waals surface area (Å²) in [6.45, 7) is 9.72. The van der Waals surface area contributed by atoms with Gasteiger partial charge >= 0.3 is 0 Å². The molecule has 0 aliphatic carbocycles. The lowest BCUT2D eigenvalue weighted by atomic mass is 9.77. The third kappa shape index (κ3) is 7.37. The first-order valence-electron chi connectivity index (χ1n) is 13.5. The number of nitrogens with one attached hydrogen (secondary N) is 2. The molecular weight excluding hydrogens is 620 g/mol. The van der Waals surface area contributed by atoms with E-state index in [1.807, 2.05) is 18.2 Å². The lowest BCUT2D eigenvalue weighted by Crippen LogP contribution is -2.43. The number of benzene rings is 3. The van der Waals surface area contributed by atoms with E-state index < -0.39 is 10.0 Å². The fraction of sp³-hybridized carbons (Fsp3) is 0.323. The second-order valence-electron chi connectivity index (χ2n) is 11.3. The van der Waals surface area contributed by atoms with Crippen LogP contribution in [-0.4, -0.2) is 63.6 Å². The van der Waals surface area contributed by atoms with Crippen molar-refractivity contribution in [2.45, 2.75) is 25.8 Å². The number of anilines is 2. The lowest BCUT2D eigenvalue weighted by Gasteiger charge is -2.33. The van der Waals surface area contributed by atoms with Gasteiger partial charge in [-0.1, -0.05) is 54.0 Å². The summed E-state index contributed by atoms with van der Waals surface area (Å²) < 4.78 is 27.5. The molecule has 1 saturated heterocycles. The Bertz CT molecular complexity index is 1690. The van der Waals surface area contributed by atoms with E-state index in [1.54, 1.807) is 18.2 Å². The van der Waals surface area contributed by atoms with E-state index in [9.17, 15) is 13.2 Å². The Morgan fingerprint density at radius 2 is 1.71 bits per heavy atom. The van der Waals surface area contributed by atoms with Crippen LogP contribution < -0.4 is 10.0 Å². The number of fused-ring (bicyclic) bond motifs is 1. The monoisotopic (exact) mass is 654 g/mol. The summed E-state index contributed by atoms with van der Waals surface area (Å²) in [5, 5.41) is 3.87. The van der Waals surface area contributed by atoms with Gasteiger partial charge in [0.1, 0.15) is 0 Å². The molecule has 1 aliphatic rings. The second-order valence-corrected chi connectivity index (χ2v) is 15.1. The van der Waals surface area contributed by atoms with Crippen LogP contribution in [0.4, 0.5) is 11.4 Å². The summed E-state index contributed by atoms with van der Waals surface area (Å²) >= 11 is 5.02. The molecule has 0 saturated carbocycles. The predicted octanol–water partition coefficient (Wildman–Crippen LogP) is 6.36. The SMILES string of the molecule is CN1CCN(Cc2cccc(C(C)(C)c3cc(Br)cc(NC(=O)c4cc5cc(NS(C)(=O)=O)ccc5s4)c3)c2)CC1. The fourth-order valence-corrected chi connectivity index (χ4v) is 7.12. The van der Waals surface area contributed by atoms with E-state index >= 15 is 0 Å². The number of amides is 1. The molecule has 41 heavy (non-hydrogen) atoms. The van der Waals surface area contributed by atoms with Crippen LogP contribution in [-0.2, 0) is 22.0 Å². The van der Waals surface area contributed by atoms with Crippen molar-refractivity contribution in [3.63, 3.8) is 0 Å². The zero-order chi connectivity index (χ0) is 29.4. The summed E-state index contributed by atoms with van der Waals surface area (Å²) in [7, 11) is -1.21. The lowest BCUT2D eigenvalue weighted by molar-refractivity contribution is 0.103. The van der Waals surface area contributed by atoms with Crippen molar-refractivity contribution in [2.24, 2.45) is 0 Å². The highest BCUT2D eigenvalue weighted by Gasteiger charge is 2.25. The van der Waals surface area contributed by atoms with Crippen molar-refractivity contribution in [1.82, 2.24) is 9.80 Å². The van der Waals surface area contributed by atoms with Gasteiger partial charge in [-0.25, -0.2) is 8.42 Å². The molecule has 0 unspecified atom stereocenters. The van der Waals surface area contributed by atoms with Crippen molar-refractivity contribution in [3.8, 4) is 0 Å². The molecule has 0 bridgehead atoms. The van der Waals surface area contributed by atoms with Crippen molar-refractivity contribution < 1.29 is 13.2 Å². The Morgan fingerprint density at radius 3 is 2.44 bits per heavy atom. The molecule has 10 heteroatoms. The Balaban J connectivity index is 1.34. The first-order valence-corrected chi connectivity index (χ1v) is 17.0. The first kappa shape index (κ1) is 29.7. The second kappa shape index (κ2) is 11.9. The molecule has 7 nitrogen and oxygen atoms in total. The average molecular weight is 656 g/mol. The number of hydrogen-bond acceptors (Lipinski definition) is 6. The van der Waals surface area contributed by atoms with E-state index in [0.717, 1.165) is 59.1 Å². The number of carbonyl (C=O) groups excluding carboxylic acids is 1. The van der Waals surface area contributed by atoms with Crippen molar-refractivity contribution in [3.05, 3.63) is 92.8 Å². The van der Waals surface area contributed by atoms with Crippen LogP contribution in [0.1, 0.15) is 40.2 Å². The molecule has 0 spiro atoms. The van der Waals surface area contributed by atoms with Gasteiger partial charge in [-0.15, -0.1) is 11.3 Å². The maximum absolute atomic E-state index is 13.3. The van der Waals surface area contributed by atoms with Gasteiger partial charge < -0.3 is 10.2 Å². The maximum atomic E-state index is 13.3. The highest BCUT2D eigenvalue weighted by molar-refractivity contribution is 9.10. The minimum atomic E-state index is -3.38. The van der Waals surface area contributed by atoms with Crippen LogP contribution in [0.25, 0.3) is 10.1 Å². The fourth-order valence-electron chi connectivity index (χ4n) is 5.14. The molecule has 0 atom stereocenters. The standard InChI is InChI=1S/C31H35BrN4O3S2/c1-31(2,23-7-5-6-21(14-23)20-36-12-10-35(3)11-13-36)24-17-25(32)19-27(18-24)33-30(37)29-16-22-15-26(34-41(4,38)39)8-9-28(22)40-29/h5-9,14-19,34H,10-13,20H2,1-4H3,(H,33,37). The van der Waals surface area contributed by atoms with E-state index in [4.69, 9.17) is 0 Å². The molecule has 3 aromatic carbocycles. The zero-order valence-corrected chi connectivity index (χ0v) is 26.9. The van der Waals surface area contributed by atoms with Gasteiger partial charge in [0.25, 0.3) is 5.91 Å². The molecule has 1 aromatic heterocycles. The minimum Gasteiger partial charge on any atom is -0.321 e. The largest absolute Gasteiger partial charge is 0.321 e. The van der Waals surface area contributed by atoms with Crippen LogP contribution in [0.15, 0.2) is 71.2 Å². The van der Waals surface area contributed by atoms with Crippen LogP contribution >= 0.6 is 27.3 Å². The number of sulfonamides is 1. The highest BCUT2D eigenvalue weighted by atomic mass is 79.9. The average Bonchev–Trinajstić information content (AvgIpc) is 3.33. The van der Waals surface area contributed by atoms with Gasteiger partial charge in [0, 0.05) is 58.7 Å². The molecule has 2 N–H and O–H groups in total. The third-order valence-electron chi connectivity index (χ3n) is 7.57. The van der Waals surface area contributed by atoms with Gasteiger partial charge in [-0.2, -0.15) is 0 Å². The normalized spacial score (nSPS) is 15.2. The van der Waals surface area contributed by atoms with E-state index in [0.29, 0.717) is 16.3 Å². The number of rotatable bonds is 8. The molecule has 1 aliphatic heterocycles. The number of piperazine rings is 1. The van der Waals surface area contributed by atoms with E-state index in [1.165, 1.54) is 22.5 Å².